The van der Waals surface area contributed by atoms with Crippen LogP contribution in [0, 0.1) is 5.92 Å². The molecular weight excluding hydrogens is 228 g/mol. The molecule has 5 nitrogen and oxygen atoms in total. The molecule has 96 valence electrons. The fourth-order valence-electron chi connectivity index (χ4n) is 2.17. The first-order valence-electron chi connectivity index (χ1n) is 6.20. The fraction of sp³-hybridized carbons (Fsp3) is 0.462. The Hall–Kier alpha value is -1.91. The Kier molecular flexibility index (Phi) is 4.28. The molecular formula is C13H18N4O. The molecule has 1 fully saturated rings. The van der Waals surface area contributed by atoms with Gasteiger partial charge in [0.2, 0.25) is 5.91 Å². The summed E-state index contributed by atoms with van der Waals surface area (Å²) in [5.41, 5.74) is 1.03. The van der Waals surface area contributed by atoms with Crippen LogP contribution < -0.4 is 10.2 Å². The Morgan fingerprint density at radius 3 is 2.72 bits per heavy atom. The number of anilines is 1. The Balaban J connectivity index is 1.84. The summed E-state index contributed by atoms with van der Waals surface area (Å²) in [5, 5.41) is 2.86. The molecule has 0 unspecified atom stereocenters. The number of amides is 1. The second kappa shape index (κ2) is 6.14. The zero-order valence-electron chi connectivity index (χ0n) is 10.4. The number of aromatic nitrogens is 2. The Bertz CT molecular complexity index is 399. The molecule has 1 amide bonds. The quantitative estimate of drug-likeness (QED) is 0.805. The zero-order chi connectivity index (χ0) is 12.8. The first-order valence-corrected chi connectivity index (χ1v) is 6.20. The molecule has 0 spiro atoms. The molecule has 2 rings (SSSR count). The van der Waals surface area contributed by atoms with E-state index in [4.69, 9.17) is 0 Å². The molecule has 1 aromatic rings. The van der Waals surface area contributed by atoms with Crippen LogP contribution in [0.5, 0.6) is 0 Å². The van der Waals surface area contributed by atoms with Crippen LogP contribution in [0.25, 0.3) is 0 Å². The molecule has 0 bridgehead atoms. The van der Waals surface area contributed by atoms with Gasteiger partial charge in [-0.2, -0.15) is 0 Å². The number of hydrogen-bond acceptors (Lipinski definition) is 4. The first kappa shape index (κ1) is 12.5. The first-order chi connectivity index (χ1) is 8.81. The standard InChI is InChI=1S/C13H18N4O/c1-2-5-16-13(18)11-3-6-17(7-4-11)12-8-14-10-15-9-12/h2,8-11H,1,3-7H2,(H,16,18). The predicted octanol–water partition coefficient (Wildman–Crippen LogP) is 0.995. The van der Waals surface area contributed by atoms with Gasteiger partial charge in [-0.25, -0.2) is 9.97 Å². The highest BCUT2D eigenvalue weighted by Gasteiger charge is 2.24. The van der Waals surface area contributed by atoms with Crippen molar-refractivity contribution >= 4 is 11.6 Å². The van der Waals surface area contributed by atoms with Gasteiger partial charge in [0.1, 0.15) is 6.33 Å². The lowest BCUT2D eigenvalue weighted by Gasteiger charge is -2.32. The molecule has 0 radical (unpaired) electrons. The maximum atomic E-state index is 11.8. The van der Waals surface area contributed by atoms with E-state index in [2.05, 4.69) is 26.8 Å². The molecule has 1 aliphatic heterocycles. The molecule has 0 saturated carbocycles. The van der Waals surface area contributed by atoms with Gasteiger partial charge in [-0.15, -0.1) is 6.58 Å². The molecule has 5 heteroatoms. The molecule has 0 aromatic carbocycles. The van der Waals surface area contributed by atoms with Gasteiger partial charge in [-0.3, -0.25) is 4.79 Å². The van der Waals surface area contributed by atoms with Gasteiger partial charge in [-0.1, -0.05) is 6.08 Å². The summed E-state index contributed by atoms with van der Waals surface area (Å²) >= 11 is 0. The summed E-state index contributed by atoms with van der Waals surface area (Å²) in [6.07, 6.45) is 8.60. The number of carbonyl (C=O) groups excluding carboxylic acids is 1. The van der Waals surface area contributed by atoms with Crippen molar-refractivity contribution in [3.8, 4) is 0 Å². The van der Waals surface area contributed by atoms with Crippen LogP contribution in [-0.2, 0) is 4.79 Å². The second-order valence-electron chi connectivity index (χ2n) is 4.39. The monoisotopic (exact) mass is 246 g/mol. The normalized spacial score (nSPS) is 16.3. The zero-order valence-corrected chi connectivity index (χ0v) is 10.4. The number of nitrogens with one attached hydrogen (secondary N) is 1. The summed E-state index contributed by atoms with van der Waals surface area (Å²) in [6.45, 7) is 5.89. The molecule has 0 aliphatic carbocycles. The van der Waals surface area contributed by atoms with Crippen molar-refractivity contribution in [3.63, 3.8) is 0 Å². The second-order valence-corrected chi connectivity index (χ2v) is 4.39. The SMILES string of the molecule is C=CCNC(=O)C1CCN(c2cncnc2)CC1. The topological polar surface area (TPSA) is 58.1 Å². The molecule has 18 heavy (non-hydrogen) atoms. The smallest absolute Gasteiger partial charge is 0.223 e. The average molecular weight is 246 g/mol. The number of nitrogens with zero attached hydrogens (tertiary/aromatic N) is 3. The molecule has 1 saturated heterocycles. The average Bonchev–Trinajstić information content (AvgIpc) is 2.46. The largest absolute Gasteiger partial charge is 0.369 e. The summed E-state index contributed by atoms with van der Waals surface area (Å²) in [5.74, 6) is 0.254. The third kappa shape index (κ3) is 3.06. The molecule has 1 aromatic heterocycles. The van der Waals surface area contributed by atoms with Crippen molar-refractivity contribution < 1.29 is 4.79 Å². The van der Waals surface area contributed by atoms with E-state index in [9.17, 15) is 4.79 Å². The number of rotatable bonds is 4. The van der Waals surface area contributed by atoms with Crippen molar-refractivity contribution in [1.29, 1.82) is 0 Å². The lowest BCUT2D eigenvalue weighted by molar-refractivity contribution is -0.125. The summed E-state index contributed by atoms with van der Waals surface area (Å²) in [6, 6.07) is 0. The van der Waals surface area contributed by atoms with Crippen molar-refractivity contribution in [2.24, 2.45) is 5.92 Å². The minimum absolute atomic E-state index is 0.117. The van der Waals surface area contributed by atoms with Crippen LogP contribution in [0.15, 0.2) is 31.4 Å². The van der Waals surface area contributed by atoms with Gasteiger partial charge in [0.15, 0.2) is 0 Å². The third-order valence-corrected chi connectivity index (χ3v) is 3.20. The van der Waals surface area contributed by atoms with E-state index >= 15 is 0 Å². The number of piperidine rings is 1. The van der Waals surface area contributed by atoms with E-state index in [1.54, 1.807) is 6.08 Å². The lowest BCUT2D eigenvalue weighted by Crippen LogP contribution is -2.40. The van der Waals surface area contributed by atoms with Crippen molar-refractivity contribution in [2.45, 2.75) is 12.8 Å². The minimum Gasteiger partial charge on any atom is -0.369 e. The lowest BCUT2D eigenvalue weighted by atomic mass is 9.96. The van der Waals surface area contributed by atoms with E-state index in [1.807, 2.05) is 12.4 Å². The Labute approximate surface area is 107 Å². The van der Waals surface area contributed by atoms with Crippen LogP contribution in [0.4, 0.5) is 5.69 Å². The highest BCUT2D eigenvalue weighted by Crippen LogP contribution is 2.21. The third-order valence-electron chi connectivity index (χ3n) is 3.20. The number of carbonyl (C=O) groups is 1. The predicted molar refractivity (Wildman–Crippen MR) is 70.2 cm³/mol. The van der Waals surface area contributed by atoms with Crippen LogP contribution in [0.2, 0.25) is 0 Å². The van der Waals surface area contributed by atoms with E-state index in [0.717, 1.165) is 31.6 Å². The van der Waals surface area contributed by atoms with E-state index in [0.29, 0.717) is 6.54 Å². The van der Waals surface area contributed by atoms with Gasteiger partial charge >= 0.3 is 0 Å². The molecule has 2 heterocycles. The Morgan fingerprint density at radius 1 is 1.44 bits per heavy atom. The summed E-state index contributed by atoms with van der Waals surface area (Å²) < 4.78 is 0. The van der Waals surface area contributed by atoms with Crippen LogP contribution >= 0.6 is 0 Å². The number of hydrogen-bond donors (Lipinski definition) is 1. The fourth-order valence-corrected chi connectivity index (χ4v) is 2.17. The van der Waals surface area contributed by atoms with Crippen LogP contribution in [0.3, 0.4) is 0 Å². The van der Waals surface area contributed by atoms with Gasteiger partial charge in [0.25, 0.3) is 0 Å². The molecule has 0 atom stereocenters. The van der Waals surface area contributed by atoms with E-state index in [-0.39, 0.29) is 11.8 Å². The van der Waals surface area contributed by atoms with Gasteiger partial charge in [-0.05, 0) is 12.8 Å². The van der Waals surface area contributed by atoms with Crippen molar-refractivity contribution in [2.75, 3.05) is 24.5 Å². The van der Waals surface area contributed by atoms with Gasteiger partial charge in [0, 0.05) is 25.6 Å². The minimum atomic E-state index is 0.117. The van der Waals surface area contributed by atoms with E-state index in [1.165, 1.54) is 6.33 Å². The highest BCUT2D eigenvalue weighted by molar-refractivity contribution is 5.79. The maximum Gasteiger partial charge on any atom is 0.223 e. The maximum absolute atomic E-state index is 11.8. The van der Waals surface area contributed by atoms with Crippen molar-refractivity contribution in [3.05, 3.63) is 31.4 Å². The van der Waals surface area contributed by atoms with Crippen LogP contribution in [-0.4, -0.2) is 35.5 Å². The van der Waals surface area contributed by atoms with Gasteiger partial charge < -0.3 is 10.2 Å². The van der Waals surface area contributed by atoms with Crippen molar-refractivity contribution in [1.82, 2.24) is 15.3 Å². The molecule has 1 aliphatic rings. The summed E-state index contributed by atoms with van der Waals surface area (Å²) in [7, 11) is 0. The van der Waals surface area contributed by atoms with Crippen LogP contribution in [0.1, 0.15) is 12.8 Å². The van der Waals surface area contributed by atoms with Gasteiger partial charge in [0.05, 0.1) is 18.1 Å². The van der Waals surface area contributed by atoms with E-state index < -0.39 is 0 Å². The Morgan fingerprint density at radius 2 is 2.11 bits per heavy atom. The summed E-state index contributed by atoms with van der Waals surface area (Å²) in [4.78, 5) is 22.0. The highest BCUT2D eigenvalue weighted by atomic mass is 16.1. The molecule has 1 N–H and O–H groups in total.